The van der Waals surface area contributed by atoms with Crippen molar-refractivity contribution in [3.8, 4) is 0 Å². The van der Waals surface area contributed by atoms with Gasteiger partial charge in [-0.1, -0.05) is 11.6 Å². The van der Waals surface area contributed by atoms with Gasteiger partial charge in [0, 0.05) is 29.9 Å². The highest BCUT2D eigenvalue weighted by atomic mass is 35.5. The van der Waals surface area contributed by atoms with E-state index in [1.807, 2.05) is 0 Å². The average molecular weight is 456 g/mol. The van der Waals surface area contributed by atoms with E-state index in [0.717, 1.165) is 0 Å². The summed E-state index contributed by atoms with van der Waals surface area (Å²) in [6.07, 6.45) is 4.57. The van der Waals surface area contributed by atoms with Gasteiger partial charge >= 0.3 is 0 Å². The van der Waals surface area contributed by atoms with Gasteiger partial charge in [-0.05, 0) is 55.3 Å². The minimum Gasteiger partial charge on any atom is -0.335 e. The van der Waals surface area contributed by atoms with Crippen molar-refractivity contribution in [1.29, 1.82) is 0 Å². The fourth-order valence-electron chi connectivity index (χ4n) is 3.19. The first-order valence-electron chi connectivity index (χ1n) is 9.24. The second-order valence-corrected chi connectivity index (χ2v) is 9.23. The molecular weight excluding hydrogens is 438 g/mol. The Bertz CT molecular complexity index is 1450. The van der Waals surface area contributed by atoms with Gasteiger partial charge in [0.1, 0.15) is 23.4 Å². The van der Waals surface area contributed by atoms with E-state index in [1.54, 1.807) is 43.8 Å². The summed E-state index contributed by atoms with van der Waals surface area (Å²) in [4.78, 5) is 25.9. The molecule has 0 fully saturated rings. The first kappa shape index (κ1) is 21.0. The summed E-state index contributed by atoms with van der Waals surface area (Å²) in [5.74, 6) is -0.511. The Morgan fingerprint density at radius 3 is 2.58 bits per heavy atom. The van der Waals surface area contributed by atoms with Gasteiger partial charge in [-0.15, -0.1) is 0 Å². The van der Waals surface area contributed by atoms with E-state index < -0.39 is 15.8 Å². The lowest BCUT2D eigenvalue weighted by molar-refractivity contribution is 0.103. The van der Waals surface area contributed by atoms with Crippen LogP contribution in [0.2, 0.25) is 5.02 Å². The number of aryl methyl sites for hydroxylation is 3. The zero-order valence-corrected chi connectivity index (χ0v) is 18.5. The van der Waals surface area contributed by atoms with Crippen LogP contribution in [0.4, 0.5) is 5.69 Å². The molecule has 0 saturated heterocycles. The Morgan fingerprint density at radius 1 is 1.06 bits per heavy atom. The van der Waals surface area contributed by atoms with Gasteiger partial charge in [0.25, 0.3) is 10.0 Å². The van der Waals surface area contributed by atoms with Crippen LogP contribution in [-0.4, -0.2) is 33.7 Å². The number of nitrogens with one attached hydrogen (secondary N) is 1. The fraction of sp³-hybridized carbons (Fsp3) is 0.143. The summed E-state index contributed by atoms with van der Waals surface area (Å²) < 4.78 is 30.2. The second kappa shape index (κ2) is 7.75. The minimum atomic E-state index is -3.98. The second-order valence-electron chi connectivity index (χ2n) is 7.14. The summed E-state index contributed by atoms with van der Waals surface area (Å²) in [6.45, 7) is 3.47. The predicted octanol–water partition coefficient (Wildman–Crippen LogP) is 3.67. The maximum atomic E-state index is 13.3. The molecule has 0 spiro atoms. The molecule has 4 aromatic rings. The molecule has 0 unspecified atom stereocenters. The number of hydrogen-bond donors (Lipinski definition) is 1. The number of ketones is 1. The van der Waals surface area contributed by atoms with Crippen molar-refractivity contribution in [3.05, 3.63) is 76.6 Å². The van der Waals surface area contributed by atoms with Crippen LogP contribution in [0.5, 0.6) is 0 Å². The number of sulfonamides is 1. The third-order valence-electron chi connectivity index (χ3n) is 4.80. The van der Waals surface area contributed by atoms with E-state index in [0.29, 0.717) is 27.2 Å². The first-order valence-corrected chi connectivity index (χ1v) is 11.1. The van der Waals surface area contributed by atoms with Crippen LogP contribution in [0, 0.1) is 13.8 Å². The molecule has 0 atom stereocenters. The van der Waals surface area contributed by atoms with Crippen LogP contribution < -0.4 is 4.72 Å². The van der Waals surface area contributed by atoms with Gasteiger partial charge in [-0.25, -0.2) is 18.4 Å². The van der Waals surface area contributed by atoms with Crippen molar-refractivity contribution in [2.45, 2.75) is 18.7 Å². The zero-order valence-electron chi connectivity index (χ0n) is 16.9. The molecule has 0 saturated carbocycles. The lowest BCUT2D eigenvalue weighted by Crippen LogP contribution is -2.18. The molecule has 4 rings (SSSR count). The fourth-order valence-corrected chi connectivity index (χ4v) is 4.45. The van der Waals surface area contributed by atoms with E-state index in [2.05, 4.69) is 19.7 Å². The molecule has 3 heterocycles. The van der Waals surface area contributed by atoms with Gasteiger partial charge in [0.15, 0.2) is 0 Å². The number of rotatable bonds is 5. The van der Waals surface area contributed by atoms with E-state index in [1.165, 1.54) is 30.7 Å². The third kappa shape index (κ3) is 3.89. The maximum absolute atomic E-state index is 13.3. The van der Waals surface area contributed by atoms with Gasteiger partial charge < -0.3 is 4.57 Å². The monoisotopic (exact) mass is 455 g/mol. The number of carbonyl (C=O) groups excluding carboxylic acids is 1. The number of halogens is 1. The largest absolute Gasteiger partial charge is 0.335 e. The molecule has 0 bridgehead atoms. The molecule has 0 aliphatic carbocycles. The lowest BCUT2D eigenvalue weighted by Gasteiger charge is -2.13. The van der Waals surface area contributed by atoms with Crippen LogP contribution >= 0.6 is 11.6 Å². The van der Waals surface area contributed by atoms with Crippen LogP contribution in [0.1, 0.15) is 27.3 Å². The zero-order chi connectivity index (χ0) is 22.3. The van der Waals surface area contributed by atoms with Crippen molar-refractivity contribution in [1.82, 2.24) is 19.5 Å². The molecule has 8 nitrogen and oxygen atoms in total. The number of pyridine rings is 1. The van der Waals surface area contributed by atoms with Crippen molar-refractivity contribution >= 4 is 44.1 Å². The molecule has 0 amide bonds. The maximum Gasteiger partial charge on any atom is 0.261 e. The minimum absolute atomic E-state index is 0.0294. The average Bonchev–Trinajstić information content (AvgIpc) is 3.10. The van der Waals surface area contributed by atoms with E-state index in [9.17, 15) is 13.2 Å². The first-order chi connectivity index (χ1) is 14.7. The Hall–Kier alpha value is -3.30. The molecule has 10 heteroatoms. The lowest BCUT2D eigenvalue weighted by atomic mass is 10.1. The van der Waals surface area contributed by atoms with Gasteiger partial charge in [-0.3, -0.25) is 14.5 Å². The smallest absolute Gasteiger partial charge is 0.261 e. The highest BCUT2D eigenvalue weighted by molar-refractivity contribution is 7.92. The Morgan fingerprint density at radius 2 is 1.84 bits per heavy atom. The van der Waals surface area contributed by atoms with E-state index >= 15 is 0 Å². The number of nitrogens with zero attached hydrogens (tertiary/aromatic N) is 4. The molecule has 158 valence electrons. The quantitative estimate of drug-likeness (QED) is 0.460. The van der Waals surface area contributed by atoms with Crippen LogP contribution in [0.25, 0.3) is 11.0 Å². The molecular formula is C21H18ClN5O3S. The highest BCUT2D eigenvalue weighted by Gasteiger charge is 2.24. The molecule has 0 radical (unpaired) electrons. The van der Waals surface area contributed by atoms with Crippen molar-refractivity contribution < 1.29 is 13.2 Å². The van der Waals surface area contributed by atoms with Gasteiger partial charge in [0.05, 0.1) is 10.6 Å². The number of fused-ring (bicyclic) bond motifs is 1. The number of anilines is 1. The number of benzene rings is 1. The Balaban J connectivity index is 1.79. The number of carbonyl (C=O) groups is 1. The molecule has 0 aliphatic heterocycles. The molecule has 3 aromatic heterocycles. The van der Waals surface area contributed by atoms with Crippen molar-refractivity contribution in [2.24, 2.45) is 7.05 Å². The van der Waals surface area contributed by atoms with Gasteiger partial charge in [0.2, 0.25) is 5.78 Å². The Labute approximate surface area is 184 Å². The van der Waals surface area contributed by atoms with Crippen molar-refractivity contribution in [3.63, 3.8) is 0 Å². The molecule has 0 aliphatic rings. The number of aromatic nitrogens is 4. The van der Waals surface area contributed by atoms with Gasteiger partial charge in [-0.2, -0.15) is 0 Å². The summed E-state index contributed by atoms with van der Waals surface area (Å²) in [6, 6.07) is 7.67. The predicted molar refractivity (Wildman–Crippen MR) is 118 cm³/mol. The highest BCUT2D eigenvalue weighted by Crippen LogP contribution is 2.26. The van der Waals surface area contributed by atoms with Crippen LogP contribution in [-0.2, 0) is 17.1 Å². The van der Waals surface area contributed by atoms with E-state index in [4.69, 9.17) is 11.6 Å². The standard InChI is InChI=1S/C21H18ClN5O3S/c1-12-8-17(26-31(29,30)14-4-5-16(22)13(2)9-14)19(23-10-12)20(28)18-15-6-7-27(3)21(15)25-11-24-18/h4-11,26H,1-3H3. The molecule has 31 heavy (non-hydrogen) atoms. The third-order valence-corrected chi connectivity index (χ3v) is 6.59. The topological polar surface area (TPSA) is 107 Å². The Kier molecular flexibility index (Phi) is 5.24. The summed E-state index contributed by atoms with van der Waals surface area (Å²) >= 11 is 6.01. The van der Waals surface area contributed by atoms with Crippen LogP contribution in [0.15, 0.2) is 53.9 Å². The normalized spacial score (nSPS) is 11.6. The summed E-state index contributed by atoms with van der Waals surface area (Å²) in [5, 5.41) is 1.02. The summed E-state index contributed by atoms with van der Waals surface area (Å²) in [5.41, 5.74) is 2.06. The summed E-state index contributed by atoms with van der Waals surface area (Å²) in [7, 11) is -2.18. The number of hydrogen-bond acceptors (Lipinski definition) is 6. The van der Waals surface area contributed by atoms with Crippen molar-refractivity contribution in [2.75, 3.05) is 4.72 Å². The SMILES string of the molecule is Cc1cnc(C(=O)c2ncnc3c2ccn3C)c(NS(=O)(=O)c2ccc(Cl)c(C)c2)c1. The molecule has 1 aromatic carbocycles. The van der Waals surface area contributed by atoms with E-state index in [-0.39, 0.29) is 22.0 Å². The molecule has 1 N–H and O–H groups in total. The van der Waals surface area contributed by atoms with Crippen LogP contribution in [0.3, 0.4) is 0 Å².